The number of carbonyl (C=O) groups is 1. The highest BCUT2D eigenvalue weighted by Crippen LogP contribution is 2.03. The second kappa shape index (κ2) is 6.24. The molecule has 1 fully saturated rings. The van der Waals surface area contributed by atoms with Crippen molar-refractivity contribution in [3.8, 4) is 0 Å². The predicted octanol–water partition coefficient (Wildman–Crippen LogP) is 0.374. The second-order valence-corrected chi connectivity index (χ2v) is 5.15. The van der Waals surface area contributed by atoms with Gasteiger partial charge in [0, 0.05) is 37.9 Å². The normalized spacial score (nSPS) is 14.3. The zero-order valence-corrected chi connectivity index (χ0v) is 12.4. The number of hydrogen-bond acceptors (Lipinski definition) is 4. The molecule has 0 radical (unpaired) electrons. The Bertz CT molecular complexity index is 724. The fourth-order valence-corrected chi connectivity index (χ4v) is 2.16. The van der Waals surface area contributed by atoms with E-state index in [1.165, 1.54) is 10.6 Å². The van der Waals surface area contributed by atoms with Crippen LogP contribution in [0.2, 0.25) is 0 Å². The molecule has 0 spiro atoms. The molecule has 0 aromatic carbocycles. The number of rotatable bonds is 3. The topological polar surface area (TPSA) is 75.5 Å². The molecule has 0 unspecified atom stereocenters. The molecule has 21 heavy (non-hydrogen) atoms. The van der Waals surface area contributed by atoms with Crippen LogP contribution < -0.4 is 16.2 Å². The van der Waals surface area contributed by atoms with E-state index in [1.54, 1.807) is 12.3 Å². The molecule has 2 aromatic rings. The summed E-state index contributed by atoms with van der Waals surface area (Å²) in [6, 6.07) is 3.64. The third kappa shape index (κ3) is 3.06. The summed E-state index contributed by atoms with van der Waals surface area (Å²) in [4.78, 5) is 28.5. The summed E-state index contributed by atoms with van der Waals surface area (Å²) in [6.45, 7) is 4.30. The van der Waals surface area contributed by atoms with Gasteiger partial charge < -0.3 is 10.6 Å². The molecule has 0 atom stereocenters. The van der Waals surface area contributed by atoms with Crippen LogP contribution in [-0.4, -0.2) is 34.9 Å². The summed E-state index contributed by atoms with van der Waals surface area (Å²) in [7, 11) is 0. The van der Waals surface area contributed by atoms with E-state index in [2.05, 4.69) is 15.6 Å². The lowest BCUT2D eigenvalue weighted by molar-refractivity contribution is 0.0940. The molecule has 6 nitrogen and oxygen atoms in total. The van der Waals surface area contributed by atoms with Gasteiger partial charge in [0.15, 0.2) is 0 Å². The lowest BCUT2D eigenvalue weighted by atomic mass is 10.0. The van der Waals surface area contributed by atoms with Gasteiger partial charge in [0.05, 0.1) is 0 Å². The van der Waals surface area contributed by atoms with Crippen LogP contribution in [0.15, 0.2) is 29.3 Å². The second-order valence-electron chi connectivity index (χ2n) is 5.15. The number of halogens is 1. The summed E-state index contributed by atoms with van der Waals surface area (Å²) in [6.07, 6.45) is 3.04. The predicted molar refractivity (Wildman–Crippen MR) is 82.1 cm³/mol. The fraction of sp³-hybridized carbons (Fsp3) is 0.357. The van der Waals surface area contributed by atoms with Crippen molar-refractivity contribution >= 4 is 24.0 Å². The number of aryl methyl sites for hydroxylation is 1. The Hall–Kier alpha value is -1.92. The van der Waals surface area contributed by atoms with E-state index in [9.17, 15) is 9.59 Å². The molecule has 1 saturated heterocycles. The molecule has 7 heteroatoms. The number of nitrogens with zero attached hydrogens (tertiary/aromatic N) is 2. The van der Waals surface area contributed by atoms with Crippen LogP contribution in [-0.2, 0) is 0 Å². The van der Waals surface area contributed by atoms with E-state index < -0.39 is 0 Å². The number of carbonyl (C=O) groups excluding carboxylic acids is 1. The molecule has 3 rings (SSSR count). The largest absolute Gasteiger partial charge is 0.351 e. The zero-order chi connectivity index (χ0) is 14.1. The molecular formula is C14H17ClN4O2. The monoisotopic (exact) mass is 308 g/mol. The summed E-state index contributed by atoms with van der Waals surface area (Å²) in [5.41, 5.74) is 1.24. The summed E-state index contributed by atoms with van der Waals surface area (Å²) in [5, 5.41) is 5.93. The Morgan fingerprint density at radius 3 is 2.90 bits per heavy atom. The first-order chi connectivity index (χ1) is 9.65. The highest BCUT2D eigenvalue weighted by atomic mass is 35.5. The van der Waals surface area contributed by atoms with E-state index in [1.807, 2.05) is 13.0 Å². The minimum Gasteiger partial charge on any atom is -0.351 e. The molecule has 2 aromatic heterocycles. The minimum absolute atomic E-state index is 0. The molecule has 112 valence electrons. The third-order valence-electron chi connectivity index (χ3n) is 3.51. The minimum atomic E-state index is -0.356. The molecule has 1 aliphatic heterocycles. The molecule has 0 bridgehead atoms. The lowest BCUT2D eigenvalue weighted by Crippen LogP contribution is -2.48. The Morgan fingerprint density at radius 1 is 1.48 bits per heavy atom. The zero-order valence-electron chi connectivity index (χ0n) is 11.6. The molecule has 1 amide bonds. The van der Waals surface area contributed by atoms with E-state index in [-0.39, 0.29) is 29.4 Å². The fourth-order valence-electron chi connectivity index (χ4n) is 2.16. The van der Waals surface area contributed by atoms with Crippen LogP contribution in [0.5, 0.6) is 0 Å². The standard InChI is InChI=1S/C14H16N4O2.ClH/c1-9-2-3-12-16-7-11(14(20)18(12)8-9)13(19)17-6-10-4-15-5-10;/h2-3,7-8,10,15H,4-6H2,1H3,(H,17,19);1H. The van der Waals surface area contributed by atoms with Gasteiger partial charge in [-0.1, -0.05) is 6.07 Å². The van der Waals surface area contributed by atoms with Crippen LogP contribution in [0.3, 0.4) is 0 Å². The quantitative estimate of drug-likeness (QED) is 0.859. The third-order valence-corrected chi connectivity index (χ3v) is 3.51. The van der Waals surface area contributed by atoms with Crippen molar-refractivity contribution in [2.45, 2.75) is 6.92 Å². The first-order valence-corrected chi connectivity index (χ1v) is 6.62. The van der Waals surface area contributed by atoms with E-state index in [0.717, 1.165) is 18.7 Å². The SMILES string of the molecule is Cc1ccc2ncc(C(=O)NCC3CNC3)c(=O)n2c1.Cl. The van der Waals surface area contributed by atoms with Crippen LogP contribution in [0.4, 0.5) is 0 Å². The number of pyridine rings is 1. The van der Waals surface area contributed by atoms with Crippen molar-refractivity contribution in [1.29, 1.82) is 0 Å². The van der Waals surface area contributed by atoms with Gasteiger partial charge in [0.2, 0.25) is 0 Å². The molecule has 1 aliphatic rings. The van der Waals surface area contributed by atoms with Gasteiger partial charge >= 0.3 is 0 Å². The first kappa shape index (κ1) is 15.5. The molecule has 2 N–H and O–H groups in total. The summed E-state index contributed by atoms with van der Waals surface area (Å²) < 4.78 is 1.41. The van der Waals surface area contributed by atoms with Gasteiger partial charge in [-0.3, -0.25) is 14.0 Å². The van der Waals surface area contributed by atoms with Crippen molar-refractivity contribution in [2.75, 3.05) is 19.6 Å². The van der Waals surface area contributed by atoms with Crippen molar-refractivity contribution < 1.29 is 4.79 Å². The first-order valence-electron chi connectivity index (χ1n) is 6.62. The maximum absolute atomic E-state index is 12.3. The van der Waals surface area contributed by atoms with Gasteiger partial charge in [0.1, 0.15) is 11.2 Å². The number of hydrogen-bond donors (Lipinski definition) is 2. The van der Waals surface area contributed by atoms with Crippen LogP contribution in [0, 0.1) is 12.8 Å². The average molecular weight is 309 g/mol. The molecular weight excluding hydrogens is 292 g/mol. The summed E-state index contributed by atoms with van der Waals surface area (Å²) >= 11 is 0. The number of aromatic nitrogens is 2. The van der Waals surface area contributed by atoms with Crippen LogP contribution >= 0.6 is 12.4 Å². The Balaban J connectivity index is 0.00000161. The van der Waals surface area contributed by atoms with Gasteiger partial charge in [-0.25, -0.2) is 4.98 Å². The maximum Gasteiger partial charge on any atom is 0.270 e. The van der Waals surface area contributed by atoms with Gasteiger partial charge in [-0.2, -0.15) is 0 Å². The summed E-state index contributed by atoms with van der Waals surface area (Å²) in [5.74, 6) is 0.0997. The van der Waals surface area contributed by atoms with E-state index >= 15 is 0 Å². The Kier molecular flexibility index (Phi) is 4.59. The Morgan fingerprint density at radius 2 is 2.24 bits per heavy atom. The van der Waals surface area contributed by atoms with Crippen LogP contribution in [0.1, 0.15) is 15.9 Å². The molecule has 3 heterocycles. The highest BCUT2D eigenvalue weighted by molar-refractivity contribution is 5.93. The molecule has 0 aliphatic carbocycles. The number of amides is 1. The Labute approximate surface area is 128 Å². The average Bonchev–Trinajstić information content (AvgIpc) is 2.38. The van der Waals surface area contributed by atoms with Gasteiger partial charge in [0.25, 0.3) is 11.5 Å². The van der Waals surface area contributed by atoms with Gasteiger partial charge in [-0.05, 0) is 18.6 Å². The van der Waals surface area contributed by atoms with Crippen molar-refractivity contribution in [1.82, 2.24) is 20.0 Å². The van der Waals surface area contributed by atoms with Crippen molar-refractivity contribution in [3.63, 3.8) is 0 Å². The van der Waals surface area contributed by atoms with Gasteiger partial charge in [-0.15, -0.1) is 12.4 Å². The van der Waals surface area contributed by atoms with E-state index in [0.29, 0.717) is 18.1 Å². The van der Waals surface area contributed by atoms with Crippen LogP contribution in [0.25, 0.3) is 5.65 Å². The maximum atomic E-state index is 12.3. The smallest absolute Gasteiger partial charge is 0.270 e. The van der Waals surface area contributed by atoms with Crippen molar-refractivity contribution in [2.24, 2.45) is 5.92 Å². The highest BCUT2D eigenvalue weighted by Gasteiger charge is 2.19. The van der Waals surface area contributed by atoms with E-state index in [4.69, 9.17) is 0 Å². The molecule has 0 saturated carbocycles. The number of nitrogens with one attached hydrogen (secondary N) is 2. The lowest BCUT2D eigenvalue weighted by Gasteiger charge is -2.26. The van der Waals surface area contributed by atoms with Crippen molar-refractivity contribution in [3.05, 3.63) is 46.0 Å². The number of fused-ring (bicyclic) bond motifs is 1.